The number of aliphatic imine (C=N–C) groups is 1. The zero-order chi connectivity index (χ0) is 15.0. The third-order valence-electron chi connectivity index (χ3n) is 4.01. The molecule has 4 heteroatoms. The highest BCUT2D eigenvalue weighted by Crippen LogP contribution is 2.37. The van der Waals surface area contributed by atoms with Gasteiger partial charge in [0.25, 0.3) is 0 Å². The average Bonchev–Trinajstić information content (AvgIpc) is 2.76. The average molecular weight is 344 g/mol. The topological polar surface area (TPSA) is 41.6 Å². The molecule has 2 N–H and O–H groups in total. The van der Waals surface area contributed by atoms with Crippen molar-refractivity contribution < 1.29 is 0 Å². The second-order valence-corrected chi connectivity index (χ2v) is 6.55. The lowest BCUT2D eigenvalue weighted by molar-refractivity contribution is 0.532. The lowest BCUT2D eigenvalue weighted by atomic mass is 9.90. The number of nitrogens with two attached hydrogens (primary N) is 1. The van der Waals surface area contributed by atoms with Gasteiger partial charge in [-0.2, -0.15) is 0 Å². The summed E-state index contributed by atoms with van der Waals surface area (Å²) in [6, 6.07) is 16.7. The Bertz CT molecular complexity index is 693. The predicted molar refractivity (Wildman–Crippen MR) is 91.6 cm³/mol. The van der Waals surface area contributed by atoms with Crippen LogP contribution in [0.2, 0.25) is 0 Å². The zero-order valence-electron chi connectivity index (χ0n) is 12.2. The molecule has 1 aliphatic heterocycles. The third-order valence-corrected chi connectivity index (χ3v) is 4.50. The van der Waals surface area contributed by atoms with Crippen LogP contribution in [0.25, 0.3) is 0 Å². The molecule has 0 bridgehead atoms. The fourth-order valence-electron chi connectivity index (χ4n) is 2.79. The van der Waals surface area contributed by atoms with Crippen molar-refractivity contribution in [1.82, 2.24) is 0 Å². The molecule has 0 fully saturated rings. The first-order valence-electron chi connectivity index (χ1n) is 6.93. The van der Waals surface area contributed by atoms with Crippen LogP contribution >= 0.6 is 15.9 Å². The number of anilines is 1. The Morgan fingerprint density at radius 2 is 1.90 bits per heavy atom. The van der Waals surface area contributed by atoms with Gasteiger partial charge in [0, 0.05) is 10.2 Å². The molecular formula is C17H18BrN3. The molecule has 0 aliphatic carbocycles. The molecule has 3 nitrogen and oxygen atoms in total. The van der Waals surface area contributed by atoms with Crippen LogP contribution in [-0.2, 0) is 5.54 Å². The number of benzene rings is 2. The minimum absolute atomic E-state index is 0.251. The second-order valence-electron chi connectivity index (χ2n) is 5.63. The maximum Gasteiger partial charge on any atom is 0.196 e. The number of hydrogen-bond acceptors (Lipinski definition) is 3. The summed E-state index contributed by atoms with van der Waals surface area (Å²) in [6.07, 6.45) is 0. The van der Waals surface area contributed by atoms with Gasteiger partial charge >= 0.3 is 0 Å². The molecule has 108 valence electrons. The molecule has 0 saturated heterocycles. The quantitative estimate of drug-likeness (QED) is 0.900. The van der Waals surface area contributed by atoms with E-state index in [1.165, 1.54) is 11.1 Å². The fourth-order valence-corrected chi connectivity index (χ4v) is 3.18. The summed E-state index contributed by atoms with van der Waals surface area (Å²) in [5.74, 6) is 0.566. The molecular weight excluding hydrogens is 326 g/mol. The highest BCUT2D eigenvalue weighted by molar-refractivity contribution is 9.10. The van der Waals surface area contributed by atoms with E-state index in [-0.39, 0.29) is 5.54 Å². The molecule has 2 aromatic carbocycles. The predicted octanol–water partition coefficient (Wildman–Crippen LogP) is 3.81. The van der Waals surface area contributed by atoms with Crippen molar-refractivity contribution >= 4 is 27.6 Å². The number of halogens is 1. The molecule has 0 radical (unpaired) electrons. The highest BCUT2D eigenvalue weighted by atomic mass is 79.9. The van der Waals surface area contributed by atoms with E-state index in [4.69, 9.17) is 5.73 Å². The summed E-state index contributed by atoms with van der Waals surface area (Å²) in [6.45, 7) is 4.94. The van der Waals surface area contributed by atoms with E-state index in [0.29, 0.717) is 12.5 Å². The molecule has 0 aromatic heterocycles. The Labute approximate surface area is 133 Å². The van der Waals surface area contributed by atoms with Gasteiger partial charge in [0.15, 0.2) is 5.96 Å². The first-order chi connectivity index (χ1) is 10.0. The van der Waals surface area contributed by atoms with E-state index in [1.54, 1.807) is 0 Å². The van der Waals surface area contributed by atoms with E-state index in [0.717, 1.165) is 10.2 Å². The van der Waals surface area contributed by atoms with Gasteiger partial charge in [-0.05, 0) is 37.6 Å². The molecule has 0 spiro atoms. The smallest absolute Gasteiger partial charge is 0.196 e. The zero-order valence-corrected chi connectivity index (χ0v) is 13.8. The van der Waals surface area contributed by atoms with Gasteiger partial charge in [0.05, 0.1) is 12.1 Å². The maximum absolute atomic E-state index is 6.16. The molecule has 0 saturated carbocycles. The van der Waals surface area contributed by atoms with Gasteiger partial charge < -0.3 is 10.6 Å². The summed E-state index contributed by atoms with van der Waals surface area (Å²) < 4.78 is 1.03. The number of rotatable bonds is 2. The molecule has 1 aliphatic rings. The third kappa shape index (κ3) is 2.44. The van der Waals surface area contributed by atoms with Gasteiger partial charge in [-0.15, -0.1) is 0 Å². The molecule has 1 heterocycles. The lowest BCUT2D eigenvalue weighted by Crippen LogP contribution is -2.47. The van der Waals surface area contributed by atoms with Crippen molar-refractivity contribution in [2.75, 3.05) is 11.4 Å². The Morgan fingerprint density at radius 3 is 2.57 bits per heavy atom. The monoisotopic (exact) mass is 343 g/mol. The van der Waals surface area contributed by atoms with Crippen molar-refractivity contribution in [3.8, 4) is 0 Å². The molecule has 1 atom stereocenters. The van der Waals surface area contributed by atoms with Crippen LogP contribution in [-0.4, -0.2) is 12.5 Å². The van der Waals surface area contributed by atoms with Crippen LogP contribution in [0.4, 0.5) is 5.69 Å². The van der Waals surface area contributed by atoms with E-state index in [1.807, 2.05) is 12.1 Å². The minimum Gasteiger partial charge on any atom is -0.369 e. The minimum atomic E-state index is -0.251. The van der Waals surface area contributed by atoms with Crippen molar-refractivity contribution in [1.29, 1.82) is 0 Å². The van der Waals surface area contributed by atoms with E-state index in [9.17, 15) is 0 Å². The summed E-state index contributed by atoms with van der Waals surface area (Å²) in [5, 5.41) is 0. The van der Waals surface area contributed by atoms with Crippen LogP contribution in [0.5, 0.6) is 0 Å². The van der Waals surface area contributed by atoms with Gasteiger partial charge in [0.1, 0.15) is 0 Å². The number of hydrogen-bond donors (Lipinski definition) is 1. The van der Waals surface area contributed by atoms with E-state index < -0.39 is 0 Å². The van der Waals surface area contributed by atoms with Crippen molar-refractivity contribution in [2.24, 2.45) is 10.7 Å². The summed E-state index contributed by atoms with van der Waals surface area (Å²) in [5.41, 5.74) is 9.43. The first-order valence-corrected chi connectivity index (χ1v) is 7.73. The van der Waals surface area contributed by atoms with E-state index >= 15 is 0 Å². The van der Waals surface area contributed by atoms with Crippen LogP contribution in [0.15, 0.2) is 58.0 Å². The van der Waals surface area contributed by atoms with Crippen LogP contribution in [0.1, 0.15) is 18.1 Å². The van der Waals surface area contributed by atoms with Crippen molar-refractivity contribution in [3.05, 3.63) is 64.1 Å². The fraction of sp³-hybridized carbons (Fsp3) is 0.235. The maximum atomic E-state index is 6.16. The number of nitrogens with zero attached hydrogens (tertiary/aromatic N) is 2. The van der Waals surface area contributed by atoms with Crippen LogP contribution in [0.3, 0.4) is 0 Å². The first kappa shape index (κ1) is 14.1. The Hall–Kier alpha value is -1.81. The Kier molecular flexibility index (Phi) is 3.49. The van der Waals surface area contributed by atoms with Gasteiger partial charge in [0.2, 0.25) is 0 Å². The standard InChI is InChI=1S/C17H18BrN3/c1-12-6-8-13(9-7-12)17(2)11-20-16(19)21(17)15-5-3-4-14(18)10-15/h3-10H,11H2,1-2H3,(H2,19,20). The highest BCUT2D eigenvalue weighted by Gasteiger charge is 2.40. The molecule has 0 amide bonds. The number of aryl methyl sites for hydroxylation is 1. The summed E-state index contributed by atoms with van der Waals surface area (Å²) >= 11 is 3.53. The normalized spacial score (nSPS) is 21.5. The largest absolute Gasteiger partial charge is 0.369 e. The molecule has 21 heavy (non-hydrogen) atoms. The van der Waals surface area contributed by atoms with Gasteiger partial charge in [-0.1, -0.05) is 51.8 Å². The van der Waals surface area contributed by atoms with Crippen LogP contribution in [0, 0.1) is 6.92 Å². The SMILES string of the molecule is Cc1ccc(C2(C)CN=C(N)N2c2cccc(Br)c2)cc1. The van der Waals surface area contributed by atoms with Crippen LogP contribution < -0.4 is 10.6 Å². The van der Waals surface area contributed by atoms with Gasteiger partial charge in [-0.3, -0.25) is 4.99 Å². The molecule has 1 unspecified atom stereocenters. The van der Waals surface area contributed by atoms with Crippen molar-refractivity contribution in [2.45, 2.75) is 19.4 Å². The molecule has 2 aromatic rings. The summed E-state index contributed by atoms with van der Waals surface area (Å²) in [4.78, 5) is 6.59. The second kappa shape index (κ2) is 5.19. The van der Waals surface area contributed by atoms with E-state index in [2.05, 4.69) is 76.1 Å². The Balaban J connectivity index is 2.07. The van der Waals surface area contributed by atoms with Crippen molar-refractivity contribution in [3.63, 3.8) is 0 Å². The number of guanidine groups is 1. The molecule has 3 rings (SSSR count). The summed E-state index contributed by atoms with van der Waals surface area (Å²) in [7, 11) is 0. The lowest BCUT2D eigenvalue weighted by Gasteiger charge is -2.36. The Morgan fingerprint density at radius 1 is 1.19 bits per heavy atom. The van der Waals surface area contributed by atoms with Gasteiger partial charge in [-0.25, -0.2) is 0 Å².